The molecule has 0 spiro atoms. The molecule has 3 rings (SSSR count). The van der Waals surface area contributed by atoms with Crippen LogP contribution in [0.1, 0.15) is 29.8 Å². The molecule has 1 aromatic carbocycles. The van der Waals surface area contributed by atoms with Crippen LogP contribution in [0.3, 0.4) is 0 Å². The van der Waals surface area contributed by atoms with Gasteiger partial charge in [-0.1, -0.05) is 30.3 Å². The Morgan fingerprint density at radius 3 is 2.62 bits per heavy atom. The van der Waals surface area contributed by atoms with Gasteiger partial charge in [-0.3, -0.25) is 9.89 Å². The van der Waals surface area contributed by atoms with Crippen molar-refractivity contribution in [3.8, 4) is 0 Å². The van der Waals surface area contributed by atoms with Gasteiger partial charge in [0.2, 0.25) is 10.0 Å². The SMILES string of the molecule is Cc1n[nH]c(C)c1S(=O)(=O)NCC1CCCN(CCc2ccccc2)C1.O=CO. The Kier molecular flexibility index (Phi) is 8.81. The van der Waals surface area contributed by atoms with E-state index in [0.29, 0.717) is 23.9 Å². The summed E-state index contributed by atoms with van der Waals surface area (Å²) < 4.78 is 28.0. The van der Waals surface area contributed by atoms with Gasteiger partial charge in [-0.15, -0.1) is 0 Å². The second-order valence-corrected chi connectivity index (χ2v) is 8.97. The largest absolute Gasteiger partial charge is 0.483 e. The van der Waals surface area contributed by atoms with Gasteiger partial charge in [0.25, 0.3) is 6.47 Å². The molecule has 8 nitrogen and oxygen atoms in total. The zero-order valence-corrected chi connectivity index (χ0v) is 17.8. The highest BCUT2D eigenvalue weighted by Gasteiger charge is 2.25. The first-order valence-electron chi connectivity index (χ1n) is 9.72. The highest BCUT2D eigenvalue weighted by Crippen LogP contribution is 2.19. The van der Waals surface area contributed by atoms with E-state index in [-0.39, 0.29) is 11.4 Å². The minimum Gasteiger partial charge on any atom is -0.483 e. The van der Waals surface area contributed by atoms with E-state index in [1.807, 2.05) is 6.07 Å². The number of aromatic amines is 1. The number of rotatable bonds is 7. The number of aryl methyl sites for hydroxylation is 2. The molecule has 1 fully saturated rings. The highest BCUT2D eigenvalue weighted by atomic mass is 32.2. The molecular weight excluding hydrogens is 392 g/mol. The van der Waals surface area contributed by atoms with E-state index in [2.05, 4.69) is 44.1 Å². The van der Waals surface area contributed by atoms with Crippen molar-refractivity contribution in [1.29, 1.82) is 0 Å². The summed E-state index contributed by atoms with van der Waals surface area (Å²) in [5.74, 6) is 0.349. The van der Waals surface area contributed by atoms with Crippen LogP contribution in [0.2, 0.25) is 0 Å². The third-order valence-electron chi connectivity index (χ3n) is 5.05. The Labute approximate surface area is 172 Å². The predicted octanol–water partition coefficient (Wildman–Crippen LogP) is 1.96. The molecule has 1 saturated heterocycles. The maximum absolute atomic E-state index is 12.6. The lowest BCUT2D eigenvalue weighted by molar-refractivity contribution is -0.122. The van der Waals surface area contributed by atoms with Crippen molar-refractivity contribution in [2.75, 3.05) is 26.2 Å². The summed E-state index contributed by atoms with van der Waals surface area (Å²) in [5.41, 5.74) is 2.45. The fraction of sp³-hybridized carbons (Fsp3) is 0.500. The summed E-state index contributed by atoms with van der Waals surface area (Å²) in [5, 5.41) is 13.6. The molecule has 0 radical (unpaired) electrons. The van der Waals surface area contributed by atoms with Gasteiger partial charge in [-0.2, -0.15) is 5.10 Å². The maximum atomic E-state index is 12.6. The molecule has 1 atom stereocenters. The van der Waals surface area contributed by atoms with E-state index in [1.165, 1.54) is 5.56 Å². The van der Waals surface area contributed by atoms with Gasteiger partial charge in [0.1, 0.15) is 4.90 Å². The van der Waals surface area contributed by atoms with Crippen molar-refractivity contribution in [2.24, 2.45) is 5.92 Å². The van der Waals surface area contributed by atoms with Crippen LogP contribution >= 0.6 is 0 Å². The second kappa shape index (κ2) is 11.1. The Morgan fingerprint density at radius 1 is 1.31 bits per heavy atom. The molecule has 29 heavy (non-hydrogen) atoms. The minimum absolute atomic E-state index is 0.250. The summed E-state index contributed by atoms with van der Waals surface area (Å²) in [4.78, 5) is 11.1. The molecule has 1 aliphatic heterocycles. The normalized spacial score (nSPS) is 17.4. The van der Waals surface area contributed by atoms with Crippen LogP contribution in [0.15, 0.2) is 35.2 Å². The van der Waals surface area contributed by atoms with Crippen molar-refractivity contribution in [3.05, 3.63) is 47.3 Å². The number of likely N-dealkylation sites (tertiary alicyclic amines) is 1. The molecule has 9 heteroatoms. The van der Waals surface area contributed by atoms with Crippen molar-refractivity contribution >= 4 is 16.5 Å². The quantitative estimate of drug-likeness (QED) is 0.588. The molecule has 3 N–H and O–H groups in total. The molecule has 1 aromatic heterocycles. The van der Waals surface area contributed by atoms with E-state index in [4.69, 9.17) is 9.90 Å². The molecule has 1 aliphatic rings. The number of nitrogens with one attached hydrogen (secondary N) is 2. The van der Waals surface area contributed by atoms with Crippen molar-refractivity contribution in [2.45, 2.75) is 38.0 Å². The van der Waals surface area contributed by atoms with Crippen LogP contribution in [0.25, 0.3) is 0 Å². The van der Waals surface area contributed by atoms with E-state index >= 15 is 0 Å². The predicted molar refractivity (Wildman–Crippen MR) is 111 cm³/mol. The molecule has 1 unspecified atom stereocenters. The van der Waals surface area contributed by atoms with Gasteiger partial charge in [-0.05, 0) is 51.1 Å². The lowest BCUT2D eigenvalue weighted by Gasteiger charge is -2.32. The molecule has 0 bridgehead atoms. The van der Waals surface area contributed by atoms with E-state index in [0.717, 1.165) is 38.9 Å². The first-order chi connectivity index (χ1) is 13.9. The van der Waals surface area contributed by atoms with Crippen LogP contribution in [-0.2, 0) is 21.2 Å². The third-order valence-corrected chi connectivity index (χ3v) is 6.74. The summed E-state index contributed by atoms with van der Waals surface area (Å²) in [6, 6.07) is 10.5. The van der Waals surface area contributed by atoms with Gasteiger partial charge in [-0.25, -0.2) is 13.1 Å². The molecule has 0 saturated carbocycles. The Morgan fingerprint density at radius 2 is 2.00 bits per heavy atom. The molecule has 0 amide bonds. The molecule has 160 valence electrons. The zero-order chi connectivity index (χ0) is 21.3. The molecular formula is C20H30N4O4S. The summed E-state index contributed by atoms with van der Waals surface area (Å²) in [7, 11) is -3.51. The highest BCUT2D eigenvalue weighted by molar-refractivity contribution is 7.89. The molecule has 2 aromatic rings. The zero-order valence-electron chi connectivity index (χ0n) is 17.0. The number of piperidine rings is 1. The van der Waals surface area contributed by atoms with E-state index in [9.17, 15) is 8.42 Å². The number of carbonyl (C=O) groups is 1. The van der Waals surface area contributed by atoms with Crippen LogP contribution in [-0.4, -0.2) is 61.3 Å². The van der Waals surface area contributed by atoms with Gasteiger partial charge >= 0.3 is 0 Å². The first kappa shape index (κ1) is 23.1. The van der Waals surface area contributed by atoms with Gasteiger partial charge in [0.15, 0.2) is 0 Å². The second-order valence-electron chi connectivity index (χ2n) is 7.26. The van der Waals surface area contributed by atoms with E-state index < -0.39 is 10.0 Å². The number of aromatic nitrogens is 2. The minimum atomic E-state index is -3.51. The van der Waals surface area contributed by atoms with Gasteiger partial charge in [0.05, 0.1) is 11.4 Å². The third kappa shape index (κ3) is 6.95. The topological polar surface area (TPSA) is 115 Å². The summed E-state index contributed by atoms with van der Waals surface area (Å²) in [6.45, 7) is 6.74. The summed E-state index contributed by atoms with van der Waals surface area (Å²) in [6.07, 6.45) is 3.21. The molecule has 0 aliphatic carbocycles. The van der Waals surface area contributed by atoms with Gasteiger partial charge in [0, 0.05) is 19.6 Å². The number of sulfonamides is 1. The van der Waals surface area contributed by atoms with Crippen molar-refractivity contribution < 1.29 is 18.3 Å². The lowest BCUT2D eigenvalue weighted by Crippen LogP contribution is -2.41. The number of hydrogen-bond acceptors (Lipinski definition) is 5. The van der Waals surface area contributed by atoms with E-state index in [1.54, 1.807) is 13.8 Å². The number of nitrogens with zero attached hydrogens (tertiary/aromatic N) is 2. The lowest BCUT2D eigenvalue weighted by atomic mass is 9.98. The number of carboxylic acid groups (broad SMARTS) is 1. The monoisotopic (exact) mass is 422 g/mol. The number of benzene rings is 1. The fourth-order valence-electron chi connectivity index (χ4n) is 3.69. The number of hydrogen-bond donors (Lipinski definition) is 3. The van der Waals surface area contributed by atoms with Crippen LogP contribution in [0.5, 0.6) is 0 Å². The smallest absolute Gasteiger partial charge is 0.290 e. The van der Waals surface area contributed by atoms with Crippen LogP contribution in [0.4, 0.5) is 0 Å². The standard InChI is InChI=1S/C19H28N4O2S.CH2O2/c1-15-19(16(2)22-21-15)26(24,25)20-13-18-9-6-11-23(14-18)12-10-17-7-4-3-5-8-17;2-1-3/h3-5,7-8,18,20H,6,9-14H2,1-2H3,(H,21,22);1H,(H,2,3). The van der Waals surface area contributed by atoms with Crippen molar-refractivity contribution in [1.82, 2.24) is 19.8 Å². The summed E-state index contributed by atoms with van der Waals surface area (Å²) >= 11 is 0. The van der Waals surface area contributed by atoms with Crippen molar-refractivity contribution in [3.63, 3.8) is 0 Å². The Hall–Kier alpha value is -2.23. The van der Waals surface area contributed by atoms with Crippen LogP contribution < -0.4 is 4.72 Å². The average molecular weight is 423 g/mol. The van der Waals surface area contributed by atoms with Gasteiger partial charge < -0.3 is 10.0 Å². The number of H-pyrrole nitrogens is 1. The first-order valence-corrected chi connectivity index (χ1v) is 11.2. The average Bonchev–Trinajstić information content (AvgIpc) is 3.06. The maximum Gasteiger partial charge on any atom is 0.290 e. The Bertz CT molecular complexity index is 848. The molecule has 2 heterocycles. The fourth-order valence-corrected chi connectivity index (χ4v) is 5.17. The van der Waals surface area contributed by atoms with Crippen LogP contribution in [0, 0.1) is 19.8 Å². The Balaban J connectivity index is 0.000000941.